The van der Waals surface area contributed by atoms with Gasteiger partial charge in [0.1, 0.15) is 5.82 Å². The molecule has 2 aliphatic rings. The molecule has 6 heteroatoms. The number of imide groups is 1. The molecule has 1 saturated heterocycles. The van der Waals surface area contributed by atoms with E-state index in [9.17, 15) is 14.0 Å². The summed E-state index contributed by atoms with van der Waals surface area (Å²) in [5.41, 5.74) is 3.34. The quantitative estimate of drug-likeness (QED) is 0.516. The fourth-order valence-electron chi connectivity index (χ4n) is 4.67. The van der Waals surface area contributed by atoms with E-state index >= 15 is 0 Å². The summed E-state index contributed by atoms with van der Waals surface area (Å²) in [5.74, 6) is -0.562. The topological polar surface area (TPSA) is 52.7 Å². The van der Waals surface area contributed by atoms with E-state index in [2.05, 4.69) is 10.2 Å². The third-order valence-corrected chi connectivity index (χ3v) is 6.94. The van der Waals surface area contributed by atoms with E-state index in [4.69, 9.17) is 0 Å². The van der Waals surface area contributed by atoms with Crippen molar-refractivity contribution in [2.24, 2.45) is 0 Å². The zero-order chi connectivity index (χ0) is 23.9. The van der Waals surface area contributed by atoms with Crippen molar-refractivity contribution in [1.29, 1.82) is 0 Å². The van der Waals surface area contributed by atoms with Crippen molar-refractivity contribution in [1.82, 2.24) is 15.1 Å². The lowest BCUT2D eigenvalue weighted by Crippen LogP contribution is -2.46. The highest BCUT2D eigenvalue weighted by Crippen LogP contribution is 2.38. The minimum absolute atomic E-state index is 0.187. The standard InChI is InChI=1S/C28H28FN3O2/c1-19-8-11-23(16-20(19)2)28(22-6-4-3-5-7-22)26(33)32(27(34)30-28)18-31(25-14-15-25)17-21-9-12-24(29)13-10-21/h3-13,16,25H,14-15,17-18H2,1-2H3,(H,30,34). The van der Waals surface area contributed by atoms with Crippen LogP contribution in [0.2, 0.25) is 0 Å². The van der Waals surface area contributed by atoms with Crippen molar-refractivity contribution < 1.29 is 14.0 Å². The van der Waals surface area contributed by atoms with Crippen LogP contribution in [-0.2, 0) is 16.9 Å². The van der Waals surface area contributed by atoms with Crippen LogP contribution in [0.15, 0.2) is 72.8 Å². The van der Waals surface area contributed by atoms with Crippen LogP contribution in [0.25, 0.3) is 0 Å². The fourth-order valence-corrected chi connectivity index (χ4v) is 4.67. The minimum atomic E-state index is -1.28. The number of aryl methyl sites for hydroxylation is 2. The first-order valence-electron chi connectivity index (χ1n) is 11.6. The molecule has 3 aromatic rings. The molecule has 0 radical (unpaired) electrons. The first-order valence-corrected chi connectivity index (χ1v) is 11.6. The van der Waals surface area contributed by atoms with Crippen LogP contribution in [0.1, 0.15) is 40.7 Å². The van der Waals surface area contributed by atoms with E-state index in [1.165, 1.54) is 17.0 Å². The number of nitrogens with one attached hydrogen (secondary N) is 1. The lowest BCUT2D eigenvalue weighted by atomic mass is 9.81. The lowest BCUT2D eigenvalue weighted by Gasteiger charge is -2.30. The van der Waals surface area contributed by atoms with Crippen LogP contribution in [0.4, 0.5) is 9.18 Å². The van der Waals surface area contributed by atoms with Gasteiger partial charge in [0, 0.05) is 12.6 Å². The summed E-state index contributed by atoms with van der Waals surface area (Å²) in [6.45, 7) is 4.77. The zero-order valence-electron chi connectivity index (χ0n) is 19.4. The fraction of sp³-hybridized carbons (Fsp3) is 0.286. The van der Waals surface area contributed by atoms with Crippen LogP contribution in [-0.4, -0.2) is 34.4 Å². The van der Waals surface area contributed by atoms with Gasteiger partial charge in [0.25, 0.3) is 5.91 Å². The maximum Gasteiger partial charge on any atom is 0.326 e. The summed E-state index contributed by atoms with van der Waals surface area (Å²) in [6.07, 6.45) is 2.04. The highest BCUT2D eigenvalue weighted by atomic mass is 19.1. The summed E-state index contributed by atoms with van der Waals surface area (Å²) in [5, 5.41) is 3.04. The predicted molar refractivity (Wildman–Crippen MR) is 128 cm³/mol. The molecule has 0 aromatic heterocycles. The van der Waals surface area contributed by atoms with E-state index in [-0.39, 0.29) is 18.4 Å². The van der Waals surface area contributed by atoms with Crippen molar-refractivity contribution in [3.05, 3.63) is 106 Å². The number of benzene rings is 3. The third kappa shape index (κ3) is 3.99. The van der Waals surface area contributed by atoms with Gasteiger partial charge in [-0.05, 0) is 66.6 Å². The monoisotopic (exact) mass is 457 g/mol. The summed E-state index contributed by atoms with van der Waals surface area (Å²) in [7, 11) is 0. The van der Waals surface area contributed by atoms with Gasteiger partial charge in [-0.25, -0.2) is 14.1 Å². The number of urea groups is 1. The van der Waals surface area contributed by atoms with Crippen molar-refractivity contribution in [3.63, 3.8) is 0 Å². The molecular formula is C28H28FN3O2. The molecule has 3 aromatic carbocycles. The molecule has 3 amide bonds. The Labute approximate surface area is 199 Å². The second-order valence-electron chi connectivity index (χ2n) is 9.32. The van der Waals surface area contributed by atoms with E-state index < -0.39 is 11.6 Å². The molecule has 0 spiro atoms. The van der Waals surface area contributed by atoms with Crippen molar-refractivity contribution >= 4 is 11.9 Å². The van der Waals surface area contributed by atoms with Gasteiger partial charge < -0.3 is 5.32 Å². The van der Waals surface area contributed by atoms with E-state index in [1.807, 2.05) is 62.4 Å². The minimum Gasteiger partial charge on any atom is -0.315 e. The van der Waals surface area contributed by atoms with Gasteiger partial charge in [0.2, 0.25) is 0 Å². The normalized spacial score (nSPS) is 20.2. The van der Waals surface area contributed by atoms with Crippen LogP contribution in [0.3, 0.4) is 0 Å². The number of hydrogen-bond donors (Lipinski definition) is 1. The maximum absolute atomic E-state index is 14.1. The Morgan fingerprint density at radius 2 is 1.65 bits per heavy atom. The molecule has 1 heterocycles. The molecule has 1 aliphatic heterocycles. The summed E-state index contributed by atoms with van der Waals surface area (Å²) < 4.78 is 13.4. The van der Waals surface area contributed by atoms with Gasteiger partial charge in [-0.1, -0.05) is 60.7 Å². The molecule has 1 saturated carbocycles. The molecule has 2 fully saturated rings. The summed E-state index contributed by atoms with van der Waals surface area (Å²) >= 11 is 0. The smallest absolute Gasteiger partial charge is 0.315 e. The third-order valence-electron chi connectivity index (χ3n) is 6.94. The molecule has 1 atom stereocenters. The average Bonchev–Trinajstić information content (AvgIpc) is 3.65. The molecule has 1 N–H and O–H groups in total. The Balaban J connectivity index is 1.49. The molecule has 174 valence electrons. The number of amides is 3. The van der Waals surface area contributed by atoms with Crippen molar-refractivity contribution in [2.75, 3.05) is 6.67 Å². The Bertz CT molecular complexity index is 1220. The molecule has 1 aliphatic carbocycles. The Kier molecular flexibility index (Phi) is 5.70. The number of carbonyl (C=O) groups excluding carboxylic acids is 2. The molecule has 0 bridgehead atoms. The van der Waals surface area contributed by atoms with Gasteiger partial charge in [-0.15, -0.1) is 0 Å². The number of carbonyl (C=O) groups is 2. The average molecular weight is 458 g/mol. The molecule has 1 unspecified atom stereocenters. The first-order chi connectivity index (χ1) is 16.4. The number of rotatable bonds is 7. The van der Waals surface area contributed by atoms with Crippen molar-refractivity contribution in [2.45, 2.75) is 44.8 Å². The van der Waals surface area contributed by atoms with Crippen LogP contribution in [0, 0.1) is 19.7 Å². The first kappa shape index (κ1) is 22.3. The Morgan fingerprint density at radius 3 is 2.29 bits per heavy atom. The van der Waals surface area contributed by atoms with E-state index in [0.29, 0.717) is 12.6 Å². The van der Waals surface area contributed by atoms with Gasteiger partial charge in [0.05, 0.1) is 6.67 Å². The van der Waals surface area contributed by atoms with E-state index in [0.717, 1.165) is 40.7 Å². The van der Waals surface area contributed by atoms with Crippen molar-refractivity contribution in [3.8, 4) is 0 Å². The number of nitrogens with zero attached hydrogens (tertiary/aromatic N) is 2. The zero-order valence-corrected chi connectivity index (χ0v) is 19.4. The van der Waals surface area contributed by atoms with Crippen LogP contribution < -0.4 is 5.32 Å². The highest BCUT2D eigenvalue weighted by Gasteiger charge is 2.54. The van der Waals surface area contributed by atoms with Gasteiger partial charge in [0.15, 0.2) is 5.54 Å². The molecule has 34 heavy (non-hydrogen) atoms. The molecular weight excluding hydrogens is 429 g/mol. The molecule has 5 nitrogen and oxygen atoms in total. The SMILES string of the molecule is Cc1ccc(C2(c3ccccc3)NC(=O)N(CN(Cc3ccc(F)cc3)C3CC3)C2=O)cc1C. The van der Waals surface area contributed by atoms with Gasteiger partial charge >= 0.3 is 6.03 Å². The largest absolute Gasteiger partial charge is 0.326 e. The Hall–Kier alpha value is -3.51. The number of hydrogen-bond acceptors (Lipinski definition) is 3. The Morgan fingerprint density at radius 1 is 0.941 bits per heavy atom. The molecule has 5 rings (SSSR count). The van der Waals surface area contributed by atoms with Gasteiger partial charge in [-0.2, -0.15) is 0 Å². The maximum atomic E-state index is 14.1. The second kappa shape index (κ2) is 8.69. The van der Waals surface area contributed by atoms with Crippen LogP contribution in [0.5, 0.6) is 0 Å². The van der Waals surface area contributed by atoms with E-state index in [1.54, 1.807) is 12.1 Å². The highest BCUT2D eigenvalue weighted by molar-refractivity contribution is 6.09. The van der Waals surface area contributed by atoms with Crippen LogP contribution >= 0.6 is 0 Å². The summed E-state index contributed by atoms with van der Waals surface area (Å²) in [4.78, 5) is 30.8. The number of halogens is 1. The van der Waals surface area contributed by atoms with Gasteiger partial charge in [-0.3, -0.25) is 9.69 Å². The second-order valence-corrected chi connectivity index (χ2v) is 9.32. The lowest BCUT2D eigenvalue weighted by molar-refractivity contribution is -0.132. The summed E-state index contributed by atoms with van der Waals surface area (Å²) in [6, 6.07) is 21.6. The predicted octanol–water partition coefficient (Wildman–Crippen LogP) is 4.86.